The Hall–Kier alpha value is -2.45. The zero-order chi connectivity index (χ0) is 17.6. The van der Waals surface area contributed by atoms with Crippen LogP contribution in [0.15, 0.2) is 17.7 Å². The minimum atomic E-state index is -5.07. The number of ether oxygens (including phenoxy) is 2. The number of hydrogen-bond donors (Lipinski definition) is 0. The summed E-state index contributed by atoms with van der Waals surface area (Å²) in [5, 5.41) is 0. The van der Waals surface area contributed by atoms with Crippen molar-refractivity contribution in [3.63, 3.8) is 0 Å². The molecule has 124 valence electrons. The third kappa shape index (κ3) is 3.33. The summed E-state index contributed by atoms with van der Waals surface area (Å²) in [6, 6.07) is 0.592. The number of alkyl halides is 3. The molecule has 0 aromatic heterocycles. The molecule has 0 unspecified atom stereocenters. The van der Waals surface area contributed by atoms with E-state index < -0.39 is 52.2 Å². The summed E-state index contributed by atoms with van der Waals surface area (Å²) < 4.78 is 74.8. The van der Waals surface area contributed by atoms with Crippen molar-refractivity contribution in [3.05, 3.63) is 40.5 Å². The van der Waals surface area contributed by atoms with Gasteiger partial charge in [-0.3, -0.25) is 0 Å². The Morgan fingerprint density at radius 3 is 2.04 bits per heavy atom. The molecule has 1 aliphatic heterocycles. The monoisotopic (exact) mass is 336 g/mol. The molecule has 1 aromatic carbocycles. The number of cyclic esters (lactones) is 2. The number of rotatable bonds is 1. The largest absolute Gasteiger partial charge is 0.419 e. The summed E-state index contributed by atoms with van der Waals surface area (Å²) in [5.74, 6) is -7.44. The van der Waals surface area contributed by atoms with Crippen molar-refractivity contribution in [2.45, 2.75) is 25.8 Å². The number of hydrogen-bond acceptors (Lipinski definition) is 4. The minimum Gasteiger partial charge on any atom is -0.419 e. The summed E-state index contributed by atoms with van der Waals surface area (Å²) >= 11 is 0. The SMILES string of the molecule is CC1(C)OC(=O)C(=Cc2c(F)ccc(C(F)(F)F)c2F)C(=O)O1. The van der Waals surface area contributed by atoms with Gasteiger partial charge in [0.15, 0.2) is 0 Å². The first-order valence-corrected chi connectivity index (χ1v) is 6.16. The van der Waals surface area contributed by atoms with Gasteiger partial charge in [0.25, 0.3) is 5.79 Å². The maximum Gasteiger partial charge on any atom is 0.419 e. The van der Waals surface area contributed by atoms with E-state index in [9.17, 15) is 31.5 Å². The van der Waals surface area contributed by atoms with Crippen LogP contribution in [0.1, 0.15) is 25.0 Å². The van der Waals surface area contributed by atoms with E-state index in [0.29, 0.717) is 12.1 Å². The van der Waals surface area contributed by atoms with Crippen LogP contribution in [0.2, 0.25) is 0 Å². The molecule has 2 rings (SSSR count). The standard InChI is InChI=1S/C14H9F5O4/c1-13(2)22-11(20)7(12(21)23-13)5-6-9(15)4-3-8(10(6)16)14(17,18)19/h3-5H,1-2H3. The van der Waals surface area contributed by atoms with Gasteiger partial charge in [-0.2, -0.15) is 13.2 Å². The van der Waals surface area contributed by atoms with E-state index >= 15 is 0 Å². The smallest absolute Gasteiger partial charge is 0.419 e. The van der Waals surface area contributed by atoms with E-state index in [1.54, 1.807) is 0 Å². The van der Waals surface area contributed by atoms with E-state index in [1.807, 2.05) is 0 Å². The first kappa shape index (κ1) is 16.9. The molecule has 0 atom stereocenters. The normalized spacial score (nSPS) is 17.6. The summed E-state index contributed by atoms with van der Waals surface area (Å²) in [6.45, 7) is 2.48. The van der Waals surface area contributed by atoms with Crippen LogP contribution in [0.5, 0.6) is 0 Å². The van der Waals surface area contributed by atoms with Crippen LogP contribution in [0, 0.1) is 11.6 Å². The van der Waals surface area contributed by atoms with Crippen LogP contribution >= 0.6 is 0 Å². The Morgan fingerprint density at radius 1 is 1.04 bits per heavy atom. The second-order valence-electron chi connectivity index (χ2n) is 5.06. The van der Waals surface area contributed by atoms with E-state index in [4.69, 9.17) is 0 Å². The van der Waals surface area contributed by atoms with E-state index in [-0.39, 0.29) is 6.07 Å². The van der Waals surface area contributed by atoms with Crippen molar-refractivity contribution < 1.29 is 41.0 Å². The van der Waals surface area contributed by atoms with Crippen molar-refractivity contribution in [1.29, 1.82) is 0 Å². The van der Waals surface area contributed by atoms with Gasteiger partial charge in [0.05, 0.1) is 5.56 Å². The van der Waals surface area contributed by atoms with Gasteiger partial charge in [0.1, 0.15) is 17.2 Å². The van der Waals surface area contributed by atoms with Gasteiger partial charge < -0.3 is 9.47 Å². The van der Waals surface area contributed by atoms with E-state index in [1.165, 1.54) is 13.8 Å². The Balaban J connectivity index is 2.55. The molecule has 0 saturated carbocycles. The van der Waals surface area contributed by atoms with Crippen molar-refractivity contribution in [2.24, 2.45) is 0 Å². The van der Waals surface area contributed by atoms with Gasteiger partial charge in [0, 0.05) is 19.4 Å². The number of esters is 2. The Kier molecular flexibility index (Phi) is 3.91. The van der Waals surface area contributed by atoms with E-state index in [0.717, 1.165) is 0 Å². The lowest BCUT2D eigenvalue weighted by Crippen LogP contribution is -2.41. The minimum absolute atomic E-state index is 0.216. The van der Waals surface area contributed by atoms with Crippen LogP contribution < -0.4 is 0 Å². The van der Waals surface area contributed by atoms with Gasteiger partial charge in [-0.25, -0.2) is 18.4 Å². The number of benzene rings is 1. The Bertz CT molecular complexity index is 697. The highest BCUT2D eigenvalue weighted by molar-refractivity contribution is 6.18. The molecule has 0 bridgehead atoms. The second kappa shape index (κ2) is 5.32. The van der Waals surface area contributed by atoms with E-state index in [2.05, 4.69) is 9.47 Å². The molecule has 0 amide bonds. The lowest BCUT2D eigenvalue weighted by molar-refractivity contribution is -0.222. The molecule has 1 heterocycles. The predicted octanol–water partition coefficient (Wildman–Crippen LogP) is 3.20. The van der Waals surface area contributed by atoms with Crippen molar-refractivity contribution in [2.75, 3.05) is 0 Å². The Labute approximate surface area is 126 Å². The molecule has 9 heteroatoms. The number of halogens is 5. The molecular weight excluding hydrogens is 327 g/mol. The zero-order valence-electron chi connectivity index (χ0n) is 11.8. The highest BCUT2D eigenvalue weighted by Crippen LogP contribution is 2.34. The average molecular weight is 336 g/mol. The number of carbonyl (C=O) groups is 2. The molecule has 0 spiro atoms. The molecule has 0 aliphatic carbocycles. The zero-order valence-corrected chi connectivity index (χ0v) is 11.8. The molecular formula is C14H9F5O4. The lowest BCUT2D eigenvalue weighted by atomic mass is 10.0. The maximum atomic E-state index is 13.9. The molecule has 0 N–H and O–H groups in total. The van der Waals surface area contributed by atoms with Crippen molar-refractivity contribution >= 4 is 18.0 Å². The third-order valence-electron chi connectivity index (χ3n) is 2.84. The van der Waals surface area contributed by atoms with Crippen LogP contribution in [-0.4, -0.2) is 17.7 Å². The fraction of sp³-hybridized carbons (Fsp3) is 0.286. The first-order valence-electron chi connectivity index (χ1n) is 6.16. The van der Waals surface area contributed by atoms with Gasteiger partial charge >= 0.3 is 18.1 Å². The molecule has 23 heavy (non-hydrogen) atoms. The van der Waals surface area contributed by atoms with Gasteiger partial charge in [0.2, 0.25) is 0 Å². The molecule has 4 nitrogen and oxygen atoms in total. The van der Waals surface area contributed by atoms with Gasteiger partial charge in [-0.1, -0.05) is 0 Å². The molecule has 1 aromatic rings. The fourth-order valence-electron chi connectivity index (χ4n) is 1.84. The van der Waals surface area contributed by atoms with Crippen LogP contribution in [-0.2, 0) is 25.2 Å². The number of carbonyl (C=O) groups excluding carboxylic acids is 2. The Morgan fingerprint density at radius 2 is 1.57 bits per heavy atom. The molecule has 1 fully saturated rings. The van der Waals surface area contributed by atoms with Crippen LogP contribution in [0.25, 0.3) is 6.08 Å². The first-order chi connectivity index (χ1) is 10.4. The topological polar surface area (TPSA) is 52.6 Å². The van der Waals surface area contributed by atoms with Crippen molar-refractivity contribution in [1.82, 2.24) is 0 Å². The highest BCUT2D eigenvalue weighted by Gasteiger charge is 2.40. The average Bonchev–Trinajstić information content (AvgIpc) is 2.33. The molecule has 1 aliphatic rings. The van der Waals surface area contributed by atoms with Gasteiger partial charge in [-0.05, 0) is 18.2 Å². The fourth-order valence-corrected chi connectivity index (χ4v) is 1.84. The van der Waals surface area contributed by atoms with Crippen LogP contribution in [0.3, 0.4) is 0 Å². The highest BCUT2D eigenvalue weighted by atomic mass is 19.4. The molecule has 1 saturated heterocycles. The predicted molar refractivity (Wildman–Crippen MR) is 65.6 cm³/mol. The van der Waals surface area contributed by atoms with Crippen LogP contribution in [0.4, 0.5) is 22.0 Å². The lowest BCUT2D eigenvalue weighted by Gasteiger charge is -2.29. The van der Waals surface area contributed by atoms with Crippen molar-refractivity contribution in [3.8, 4) is 0 Å². The summed E-state index contributed by atoms with van der Waals surface area (Å²) in [6.07, 6.45) is -4.74. The quantitative estimate of drug-likeness (QED) is 0.342. The summed E-state index contributed by atoms with van der Waals surface area (Å²) in [7, 11) is 0. The second-order valence-corrected chi connectivity index (χ2v) is 5.06. The maximum absolute atomic E-state index is 13.9. The third-order valence-corrected chi connectivity index (χ3v) is 2.84. The van der Waals surface area contributed by atoms with Gasteiger partial charge in [-0.15, -0.1) is 0 Å². The summed E-state index contributed by atoms with van der Waals surface area (Å²) in [5.41, 5.74) is -3.84. The summed E-state index contributed by atoms with van der Waals surface area (Å²) in [4.78, 5) is 23.3. The molecule has 0 radical (unpaired) electrons.